The molecule has 0 bridgehead atoms. The fourth-order valence-electron chi connectivity index (χ4n) is 2.41. The second-order valence-corrected chi connectivity index (χ2v) is 6.76. The van der Waals surface area contributed by atoms with Crippen LogP contribution in [0.2, 0.25) is 0 Å². The molecule has 0 saturated heterocycles. The molecule has 2 rings (SSSR count). The van der Waals surface area contributed by atoms with Crippen molar-refractivity contribution >= 4 is 10.0 Å². The number of hydrogen-bond acceptors (Lipinski definition) is 3. The standard InChI is InChI=1S/C13H18FNO3S/c1-9-5-6-11(14)7-13(9)19(17,18)15-8-10-3-2-4-12(10)16/h5-7,10,12,15-16H,2-4,8H2,1H3. The monoisotopic (exact) mass is 287 g/mol. The Labute approximate surface area is 112 Å². The van der Waals surface area contributed by atoms with Crippen molar-refractivity contribution in [3.05, 3.63) is 29.6 Å². The topological polar surface area (TPSA) is 66.4 Å². The first-order valence-electron chi connectivity index (χ1n) is 6.34. The first-order chi connectivity index (χ1) is 8.90. The van der Waals surface area contributed by atoms with Crippen LogP contribution >= 0.6 is 0 Å². The van der Waals surface area contributed by atoms with Crippen LogP contribution in [0.1, 0.15) is 24.8 Å². The van der Waals surface area contributed by atoms with Crippen molar-refractivity contribution in [1.82, 2.24) is 4.72 Å². The zero-order valence-electron chi connectivity index (χ0n) is 10.8. The molecule has 0 spiro atoms. The first-order valence-corrected chi connectivity index (χ1v) is 7.82. The molecule has 0 aromatic heterocycles. The van der Waals surface area contributed by atoms with Crippen LogP contribution in [0.25, 0.3) is 0 Å². The molecule has 106 valence electrons. The Morgan fingerprint density at radius 3 is 2.79 bits per heavy atom. The van der Waals surface area contributed by atoms with Crippen molar-refractivity contribution in [2.75, 3.05) is 6.54 Å². The van der Waals surface area contributed by atoms with E-state index in [4.69, 9.17) is 0 Å². The number of nitrogens with one attached hydrogen (secondary N) is 1. The summed E-state index contributed by atoms with van der Waals surface area (Å²) >= 11 is 0. The van der Waals surface area contributed by atoms with Crippen LogP contribution in [0.4, 0.5) is 4.39 Å². The van der Waals surface area contributed by atoms with Gasteiger partial charge in [0.15, 0.2) is 0 Å². The summed E-state index contributed by atoms with van der Waals surface area (Å²) in [6, 6.07) is 3.69. The maximum Gasteiger partial charge on any atom is 0.240 e. The van der Waals surface area contributed by atoms with Crippen LogP contribution in [0, 0.1) is 18.7 Å². The Kier molecular flexibility index (Phi) is 4.23. The van der Waals surface area contributed by atoms with E-state index in [1.165, 1.54) is 12.1 Å². The van der Waals surface area contributed by atoms with Crippen molar-refractivity contribution < 1.29 is 17.9 Å². The molecule has 0 aliphatic heterocycles. The SMILES string of the molecule is Cc1ccc(F)cc1S(=O)(=O)NCC1CCCC1O. The lowest BCUT2D eigenvalue weighted by molar-refractivity contribution is 0.134. The smallest absolute Gasteiger partial charge is 0.240 e. The minimum Gasteiger partial charge on any atom is -0.393 e. The Morgan fingerprint density at radius 2 is 2.16 bits per heavy atom. The second kappa shape index (κ2) is 5.56. The molecule has 6 heteroatoms. The van der Waals surface area contributed by atoms with Crippen molar-refractivity contribution in [2.24, 2.45) is 5.92 Å². The quantitative estimate of drug-likeness (QED) is 0.883. The van der Waals surface area contributed by atoms with E-state index in [1.54, 1.807) is 6.92 Å². The van der Waals surface area contributed by atoms with Crippen LogP contribution in [-0.4, -0.2) is 26.2 Å². The van der Waals surface area contributed by atoms with E-state index in [0.29, 0.717) is 12.0 Å². The number of benzene rings is 1. The predicted octanol–water partition coefficient (Wildman–Crippen LogP) is 1.57. The number of aliphatic hydroxyl groups is 1. The minimum atomic E-state index is -3.73. The zero-order valence-corrected chi connectivity index (χ0v) is 11.6. The number of sulfonamides is 1. The summed E-state index contributed by atoms with van der Waals surface area (Å²) in [7, 11) is -3.73. The summed E-state index contributed by atoms with van der Waals surface area (Å²) in [4.78, 5) is -0.0417. The van der Waals surface area contributed by atoms with Crippen molar-refractivity contribution in [1.29, 1.82) is 0 Å². The van der Waals surface area contributed by atoms with Gasteiger partial charge in [-0.05, 0) is 43.4 Å². The Bertz CT molecular complexity index is 559. The van der Waals surface area contributed by atoms with E-state index in [9.17, 15) is 17.9 Å². The average Bonchev–Trinajstić information content (AvgIpc) is 2.75. The highest BCUT2D eigenvalue weighted by molar-refractivity contribution is 7.89. The molecule has 1 aromatic rings. The van der Waals surface area contributed by atoms with Gasteiger partial charge in [0.2, 0.25) is 10.0 Å². The summed E-state index contributed by atoms with van der Waals surface area (Å²) in [5.74, 6) is -0.629. The van der Waals surface area contributed by atoms with E-state index in [-0.39, 0.29) is 17.4 Å². The molecular formula is C13H18FNO3S. The molecular weight excluding hydrogens is 269 g/mol. The highest BCUT2D eigenvalue weighted by Gasteiger charge is 2.27. The summed E-state index contributed by atoms with van der Waals surface area (Å²) in [5.41, 5.74) is 0.501. The number of rotatable bonds is 4. The molecule has 1 aliphatic rings. The van der Waals surface area contributed by atoms with E-state index in [2.05, 4.69) is 4.72 Å². The van der Waals surface area contributed by atoms with E-state index in [0.717, 1.165) is 18.9 Å². The number of aliphatic hydroxyl groups excluding tert-OH is 1. The fourth-order valence-corrected chi connectivity index (χ4v) is 3.76. The molecule has 1 aromatic carbocycles. The van der Waals surface area contributed by atoms with E-state index in [1.807, 2.05) is 0 Å². The average molecular weight is 287 g/mol. The molecule has 2 N–H and O–H groups in total. The molecule has 0 amide bonds. The van der Waals surface area contributed by atoms with Crippen LogP contribution < -0.4 is 4.72 Å². The third-order valence-electron chi connectivity index (χ3n) is 3.59. The lowest BCUT2D eigenvalue weighted by Gasteiger charge is -2.16. The Hall–Kier alpha value is -0.980. The van der Waals surface area contributed by atoms with E-state index < -0.39 is 21.9 Å². The Balaban J connectivity index is 2.12. The van der Waals surface area contributed by atoms with Crippen molar-refractivity contribution in [3.63, 3.8) is 0 Å². The number of aryl methyl sites for hydroxylation is 1. The van der Waals surface area contributed by atoms with E-state index >= 15 is 0 Å². The van der Waals surface area contributed by atoms with Gasteiger partial charge in [0.1, 0.15) is 5.82 Å². The number of hydrogen-bond donors (Lipinski definition) is 2. The number of halogens is 1. The highest BCUT2D eigenvalue weighted by Crippen LogP contribution is 2.25. The fraction of sp³-hybridized carbons (Fsp3) is 0.538. The minimum absolute atomic E-state index is 0.0417. The lowest BCUT2D eigenvalue weighted by atomic mass is 10.1. The van der Waals surface area contributed by atoms with Crippen LogP contribution in [0.15, 0.2) is 23.1 Å². The molecule has 0 heterocycles. The molecule has 1 fully saturated rings. The molecule has 4 nitrogen and oxygen atoms in total. The van der Waals surface area contributed by atoms with Gasteiger partial charge in [0.25, 0.3) is 0 Å². The summed E-state index contributed by atoms with van der Waals surface area (Å²) in [6.45, 7) is 1.82. The first kappa shape index (κ1) is 14.4. The highest BCUT2D eigenvalue weighted by atomic mass is 32.2. The zero-order chi connectivity index (χ0) is 14.0. The second-order valence-electron chi connectivity index (χ2n) is 5.02. The molecule has 0 radical (unpaired) electrons. The summed E-state index contributed by atoms with van der Waals surface area (Å²) in [5, 5.41) is 9.66. The van der Waals surface area contributed by atoms with Gasteiger partial charge < -0.3 is 5.11 Å². The third-order valence-corrected chi connectivity index (χ3v) is 5.16. The molecule has 1 aliphatic carbocycles. The molecule has 1 saturated carbocycles. The molecule has 2 atom stereocenters. The van der Waals surface area contributed by atoms with Crippen molar-refractivity contribution in [3.8, 4) is 0 Å². The van der Waals surface area contributed by atoms with Gasteiger partial charge in [-0.1, -0.05) is 12.5 Å². The maximum absolute atomic E-state index is 13.1. The van der Waals surface area contributed by atoms with Crippen molar-refractivity contribution in [2.45, 2.75) is 37.2 Å². The van der Waals surface area contributed by atoms with Gasteiger partial charge in [0, 0.05) is 6.54 Å². The van der Waals surface area contributed by atoms with Gasteiger partial charge in [-0.25, -0.2) is 17.5 Å². The van der Waals surface area contributed by atoms with Gasteiger partial charge in [-0.15, -0.1) is 0 Å². The molecule has 2 unspecified atom stereocenters. The summed E-state index contributed by atoms with van der Waals surface area (Å²) in [6.07, 6.45) is 1.99. The van der Waals surface area contributed by atoms with Crippen LogP contribution in [0.5, 0.6) is 0 Å². The normalized spacial score (nSPS) is 23.7. The Morgan fingerprint density at radius 1 is 1.42 bits per heavy atom. The van der Waals surface area contributed by atoms with Gasteiger partial charge >= 0.3 is 0 Å². The van der Waals surface area contributed by atoms with Gasteiger partial charge in [0.05, 0.1) is 11.0 Å². The maximum atomic E-state index is 13.1. The third kappa shape index (κ3) is 3.32. The largest absolute Gasteiger partial charge is 0.393 e. The van der Waals surface area contributed by atoms with Crippen LogP contribution in [-0.2, 0) is 10.0 Å². The molecule has 19 heavy (non-hydrogen) atoms. The lowest BCUT2D eigenvalue weighted by Crippen LogP contribution is -2.32. The van der Waals surface area contributed by atoms with Crippen LogP contribution in [0.3, 0.4) is 0 Å². The predicted molar refractivity (Wildman–Crippen MR) is 69.7 cm³/mol. The summed E-state index contributed by atoms with van der Waals surface area (Å²) < 4.78 is 39.8. The van der Waals surface area contributed by atoms with Gasteiger partial charge in [-0.2, -0.15) is 0 Å². The van der Waals surface area contributed by atoms with Gasteiger partial charge in [-0.3, -0.25) is 0 Å².